The van der Waals surface area contributed by atoms with Crippen LogP contribution in [-0.2, 0) is 9.47 Å². The highest BCUT2D eigenvalue weighted by molar-refractivity contribution is 5.90. The van der Waals surface area contributed by atoms with Crippen molar-refractivity contribution in [3.63, 3.8) is 0 Å². The summed E-state index contributed by atoms with van der Waals surface area (Å²) in [5.74, 6) is -1.64. The molecule has 5 heteroatoms. The van der Waals surface area contributed by atoms with Crippen molar-refractivity contribution in [2.24, 2.45) is 0 Å². The molecule has 0 saturated carbocycles. The van der Waals surface area contributed by atoms with Crippen LogP contribution in [0.25, 0.3) is 17.2 Å². The number of rotatable bonds is 3. The highest BCUT2D eigenvalue weighted by atomic mass is 19.1. The second-order valence-corrected chi connectivity index (χ2v) is 7.13. The summed E-state index contributed by atoms with van der Waals surface area (Å²) >= 11 is 0. The molecule has 3 nitrogen and oxygen atoms in total. The Balaban J connectivity index is 1.65. The average molecular weight is 390 g/mol. The molecule has 0 amide bonds. The zero-order valence-electron chi connectivity index (χ0n) is 15.5. The van der Waals surface area contributed by atoms with E-state index < -0.39 is 17.6 Å². The maximum atomic E-state index is 14.4. The number of methoxy groups -OCH3 is 1. The van der Waals surface area contributed by atoms with Crippen molar-refractivity contribution in [3.8, 4) is 11.1 Å². The average Bonchev–Trinajstić information content (AvgIpc) is 3.28. The van der Waals surface area contributed by atoms with E-state index in [1.54, 1.807) is 18.2 Å². The van der Waals surface area contributed by atoms with E-state index in [0.717, 1.165) is 33.9 Å². The normalized spacial score (nSPS) is 18.3. The molecular formula is C24H16F2O3. The first-order chi connectivity index (χ1) is 14.0. The number of carbonyl (C=O) groups excluding carboxylic acids is 1. The van der Waals surface area contributed by atoms with Gasteiger partial charge in [-0.05, 0) is 69.8 Å². The van der Waals surface area contributed by atoms with E-state index in [1.807, 2.05) is 18.2 Å². The Morgan fingerprint density at radius 1 is 0.966 bits per heavy atom. The van der Waals surface area contributed by atoms with E-state index >= 15 is 0 Å². The number of fused-ring (bicyclic) bond motifs is 8. The Hall–Kier alpha value is -3.31. The molecule has 0 fully saturated rings. The Kier molecular flexibility index (Phi) is 3.89. The molecule has 3 aromatic rings. The molecule has 2 heterocycles. The number of hydrogen-bond acceptors (Lipinski definition) is 3. The second-order valence-electron chi connectivity index (χ2n) is 7.13. The molecule has 0 saturated heterocycles. The lowest BCUT2D eigenvalue weighted by molar-refractivity contribution is 0.0600. The van der Waals surface area contributed by atoms with Gasteiger partial charge in [0.1, 0.15) is 23.8 Å². The predicted octanol–water partition coefficient (Wildman–Crippen LogP) is 5.58. The van der Waals surface area contributed by atoms with Crippen LogP contribution in [0, 0.1) is 11.6 Å². The van der Waals surface area contributed by atoms with Crippen LogP contribution in [0.2, 0.25) is 0 Å². The molecule has 0 aliphatic carbocycles. The standard InChI is InChI=1S/C24H16F2O3/c1-3-12-8-19-20(11-17(12)15-7-5-14(25)10-21(15)26)22-16-6-4-13(24(27)28-2)9-18(16)23(19)29-22/h3-11,22-23H,1H2,2H3. The molecule has 0 N–H and O–H groups in total. The molecule has 3 aromatic carbocycles. The van der Waals surface area contributed by atoms with Crippen LogP contribution in [0.5, 0.6) is 0 Å². The second kappa shape index (κ2) is 6.36. The fraction of sp³-hybridized carbons (Fsp3) is 0.125. The summed E-state index contributed by atoms with van der Waals surface area (Å²) in [4.78, 5) is 11.9. The highest BCUT2D eigenvalue weighted by Crippen LogP contribution is 2.55. The number of halogens is 2. The maximum absolute atomic E-state index is 14.4. The third kappa shape index (κ3) is 2.54. The first-order valence-corrected chi connectivity index (χ1v) is 9.15. The van der Waals surface area contributed by atoms with Crippen molar-refractivity contribution in [3.05, 3.63) is 100 Å². The molecule has 2 atom stereocenters. The van der Waals surface area contributed by atoms with Gasteiger partial charge in [0.15, 0.2) is 0 Å². The van der Waals surface area contributed by atoms with Crippen LogP contribution in [0.15, 0.2) is 55.1 Å². The molecule has 29 heavy (non-hydrogen) atoms. The highest BCUT2D eigenvalue weighted by Gasteiger charge is 2.43. The van der Waals surface area contributed by atoms with Gasteiger partial charge in [-0.3, -0.25) is 0 Å². The fourth-order valence-electron chi connectivity index (χ4n) is 4.26. The fourth-order valence-corrected chi connectivity index (χ4v) is 4.26. The molecule has 0 aromatic heterocycles. The Morgan fingerprint density at radius 3 is 2.41 bits per heavy atom. The van der Waals surface area contributed by atoms with Crippen LogP contribution >= 0.6 is 0 Å². The summed E-state index contributed by atoms with van der Waals surface area (Å²) in [7, 11) is 1.35. The van der Waals surface area contributed by atoms with Gasteiger partial charge in [0.2, 0.25) is 0 Å². The lowest BCUT2D eigenvalue weighted by Crippen LogP contribution is -2.08. The van der Waals surface area contributed by atoms with Gasteiger partial charge in [0.25, 0.3) is 0 Å². The van der Waals surface area contributed by atoms with Gasteiger partial charge < -0.3 is 9.47 Å². The number of hydrogen-bond donors (Lipinski definition) is 0. The van der Waals surface area contributed by atoms with E-state index in [0.29, 0.717) is 16.7 Å². The zero-order chi connectivity index (χ0) is 20.3. The van der Waals surface area contributed by atoms with Gasteiger partial charge in [0, 0.05) is 11.6 Å². The van der Waals surface area contributed by atoms with Crippen molar-refractivity contribution in [1.29, 1.82) is 0 Å². The van der Waals surface area contributed by atoms with Crippen LogP contribution in [0.3, 0.4) is 0 Å². The van der Waals surface area contributed by atoms with E-state index in [9.17, 15) is 13.6 Å². The summed E-state index contributed by atoms with van der Waals surface area (Å²) < 4.78 is 38.8. The summed E-state index contributed by atoms with van der Waals surface area (Å²) in [6, 6.07) is 12.8. The number of ether oxygens (including phenoxy) is 2. The van der Waals surface area contributed by atoms with Crippen molar-refractivity contribution >= 4 is 12.0 Å². The molecule has 144 valence electrons. The third-order valence-corrected chi connectivity index (χ3v) is 5.61. The maximum Gasteiger partial charge on any atom is 0.337 e. The van der Waals surface area contributed by atoms with Gasteiger partial charge in [-0.15, -0.1) is 0 Å². The van der Waals surface area contributed by atoms with Gasteiger partial charge in [0.05, 0.1) is 12.7 Å². The van der Waals surface area contributed by atoms with Crippen molar-refractivity contribution in [2.75, 3.05) is 7.11 Å². The smallest absolute Gasteiger partial charge is 0.337 e. The summed E-state index contributed by atoms with van der Waals surface area (Å²) in [5.41, 5.74) is 5.97. The van der Waals surface area contributed by atoms with E-state index in [2.05, 4.69) is 6.58 Å². The van der Waals surface area contributed by atoms with Crippen LogP contribution in [0.4, 0.5) is 8.78 Å². The monoisotopic (exact) mass is 390 g/mol. The molecule has 2 unspecified atom stereocenters. The third-order valence-electron chi connectivity index (χ3n) is 5.61. The number of carbonyl (C=O) groups is 1. The largest absolute Gasteiger partial charge is 0.465 e. The molecular weight excluding hydrogens is 374 g/mol. The van der Waals surface area contributed by atoms with E-state index in [4.69, 9.17) is 9.47 Å². The molecule has 5 rings (SSSR count). The molecule has 2 bridgehead atoms. The molecule has 2 aliphatic rings. The lowest BCUT2D eigenvalue weighted by atomic mass is 9.82. The zero-order valence-corrected chi connectivity index (χ0v) is 15.5. The van der Waals surface area contributed by atoms with Crippen LogP contribution in [0.1, 0.15) is 50.4 Å². The quantitative estimate of drug-likeness (QED) is 0.548. The van der Waals surface area contributed by atoms with E-state index in [1.165, 1.54) is 19.2 Å². The van der Waals surface area contributed by atoms with Crippen molar-refractivity contribution < 1.29 is 23.0 Å². The molecule has 0 radical (unpaired) electrons. The van der Waals surface area contributed by atoms with Gasteiger partial charge >= 0.3 is 5.97 Å². The molecule has 2 aliphatic heterocycles. The first kappa shape index (κ1) is 17.8. The lowest BCUT2D eigenvalue weighted by Gasteiger charge is -2.19. The summed E-state index contributed by atoms with van der Waals surface area (Å²) in [5, 5.41) is 0. The van der Waals surface area contributed by atoms with Crippen LogP contribution in [-0.4, -0.2) is 13.1 Å². The van der Waals surface area contributed by atoms with Gasteiger partial charge in [-0.25, -0.2) is 13.6 Å². The minimum absolute atomic E-state index is 0.294. The number of benzene rings is 3. The summed E-state index contributed by atoms with van der Waals surface area (Å²) in [6.07, 6.45) is 1.05. The van der Waals surface area contributed by atoms with Crippen molar-refractivity contribution in [1.82, 2.24) is 0 Å². The predicted molar refractivity (Wildman–Crippen MR) is 104 cm³/mol. The Morgan fingerprint density at radius 2 is 1.69 bits per heavy atom. The number of esters is 1. The molecule has 0 spiro atoms. The topological polar surface area (TPSA) is 35.5 Å². The minimum Gasteiger partial charge on any atom is -0.465 e. The Bertz CT molecular complexity index is 1200. The first-order valence-electron chi connectivity index (χ1n) is 9.15. The van der Waals surface area contributed by atoms with Gasteiger partial charge in [-0.1, -0.05) is 18.7 Å². The van der Waals surface area contributed by atoms with E-state index in [-0.39, 0.29) is 12.2 Å². The minimum atomic E-state index is -0.625. The van der Waals surface area contributed by atoms with Gasteiger partial charge in [-0.2, -0.15) is 0 Å². The summed E-state index contributed by atoms with van der Waals surface area (Å²) in [6.45, 7) is 3.85. The van der Waals surface area contributed by atoms with Crippen LogP contribution < -0.4 is 0 Å². The SMILES string of the molecule is C=Cc1cc2c(cc1-c1ccc(F)cc1F)C1OC2c2cc(C(=O)OC)ccc21. The van der Waals surface area contributed by atoms with Crippen molar-refractivity contribution in [2.45, 2.75) is 12.2 Å². The Labute approximate surface area is 166 Å².